The molecule has 2 aromatic carbocycles. The number of benzene rings is 2. The van der Waals surface area contributed by atoms with Crippen molar-refractivity contribution in [2.45, 2.75) is 32.9 Å². The lowest BCUT2D eigenvalue weighted by molar-refractivity contribution is -0.143. The smallest absolute Gasteiger partial charge is 0.338 e. The first-order valence-corrected chi connectivity index (χ1v) is 13.0. The molecule has 1 aliphatic rings. The number of nitrogens with one attached hydrogen (secondary N) is 1. The maximum atomic E-state index is 13.9. The maximum absolute atomic E-state index is 13.9. The summed E-state index contributed by atoms with van der Waals surface area (Å²) in [6, 6.07) is 12.7. The van der Waals surface area contributed by atoms with Crippen LogP contribution in [-0.4, -0.2) is 28.7 Å². The third-order valence-electron chi connectivity index (χ3n) is 5.98. The van der Waals surface area contributed by atoms with Gasteiger partial charge in [-0.25, -0.2) is 9.79 Å². The molecular weight excluding hydrogens is 542 g/mol. The van der Waals surface area contributed by atoms with Gasteiger partial charge in [-0.15, -0.1) is 0 Å². The zero-order chi connectivity index (χ0) is 25.6. The molecule has 0 aliphatic carbocycles. The number of aromatic nitrogens is 2. The quantitative estimate of drug-likeness (QED) is 0.362. The first kappa shape index (κ1) is 24.3. The number of para-hydroxylation sites is 1. The number of esters is 1. The van der Waals surface area contributed by atoms with Gasteiger partial charge in [0.2, 0.25) is 0 Å². The van der Waals surface area contributed by atoms with Crippen LogP contribution in [-0.2, 0) is 9.53 Å². The van der Waals surface area contributed by atoms with Gasteiger partial charge in [0.25, 0.3) is 5.56 Å². The van der Waals surface area contributed by atoms with Crippen LogP contribution in [0, 0.1) is 0 Å². The number of ether oxygens (including phenoxy) is 2. The summed E-state index contributed by atoms with van der Waals surface area (Å²) in [7, 11) is 1.57. The molecule has 0 spiro atoms. The summed E-state index contributed by atoms with van der Waals surface area (Å²) >= 11 is 4.82. The van der Waals surface area contributed by atoms with Gasteiger partial charge in [-0.05, 0) is 51.1 Å². The lowest BCUT2D eigenvalue weighted by Gasteiger charge is -2.26. The molecule has 0 amide bonds. The number of hydrogen-bond acceptors (Lipinski definition) is 6. The number of methoxy groups -OCH3 is 1. The Bertz CT molecular complexity index is 1710. The van der Waals surface area contributed by atoms with Gasteiger partial charge in [0.1, 0.15) is 11.8 Å². The zero-order valence-electron chi connectivity index (χ0n) is 20.2. The van der Waals surface area contributed by atoms with Gasteiger partial charge < -0.3 is 14.5 Å². The fourth-order valence-electron chi connectivity index (χ4n) is 4.43. The second-order valence-corrected chi connectivity index (χ2v) is 10.6. The fourth-order valence-corrected chi connectivity index (χ4v) is 5.84. The molecule has 184 valence electrons. The molecule has 3 heterocycles. The summed E-state index contributed by atoms with van der Waals surface area (Å²) in [4.78, 5) is 35.6. The van der Waals surface area contributed by atoms with E-state index in [2.05, 4.69) is 25.9 Å². The van der Waals surface area contributed by atoms with Crippen LogP contribution in [0.4, 0.5) is 0 Å². The van der Waals surface area contributed by atoms with Crippen molar-refractivity contribution in [1.29, 1.82) is 0 Å². The van der Waals surface area contributed by atoms with Crippen LogP contribution in [0.5, 0.6) is 5.75 Å². The van der Waals surface area contributed by atoms with Gasteiger partial charge in [0.05, 0.1) is 29.0 Å². The highest BCUT2D eigenvalue weighted by atomic mass is 79.9. The minimum Gasteiger partial charge on any atom is -0.496 e. The second kappa shape index (κ2) is 9.55. The van der Waals surface area contributed by atoms with Crippen molar-refractivity contribution in [1.82, 2.24) is 9.55 Å². The number of halogens is 1. The normalized spacial score (nSPS) is 15.8. The molecule has 0 bridgehead atoms. The van der Waals surface area contributed by atoms with Crippen molar-refractivity contribution in [2.75, 3.05) is 7.11 Å². The predicted molar refractivity (Wildman–Crippen MR) is 144 cm³/mol. The Labute approximate surface area is 219 Å². The first-order chi connectivity index (χ1) is 17.3. The van der Waals surface area contributed by atoms with Gasteiger partial charge in [0, 0.05) is 32.7 Å². The van der Waals surface area contributed by atoms with Crippen LogP contribution in [0.1, 0.15) is 37.9 Å². The van der Waals surface area contributed by atoms with E-state index < -0.39 is 12.0 Å². The number of aromatic amines is 1. The van der Waals surface area contributed by atoms with E-state index >= 15 is 0 Å². The minimum absolute atomic E-state index is 0.238. The van der Waals surface area contributed by atoms with Crippen molar-refractivity contribution >= 4 is 50.2 Å². The summed E-state index contributed by atoms with van der Waals surface area (Å²) in [6.07, 6.45) is 3.42. The number of carbonyl (C=O) groups is 1. The highest BCUT2D eigenvalue weighted by Crippen LogP contribution is 2.37. The Morgan fingerprint density at radius 3 is 2.78 bits per heavy atom. The van der Waals surface area contributed by atoms with E-state index in [1.54, 1.807) is 32.4 Å². The maximum Gasteiger partial charge on any atom is 0.338 e. The van der Waals surface area contributed by atoms with Gasteiger partial charge in [-0.1, -0.05) is 45.5 Å². The Hall–Kier alpha value is -3.43. The number of hydrogen-bond donors (Lipinski definition) is 1. The van der Waals surface area contributed by atoms with E-state index in [-0.39, 0.29) is 11.7 Å². The third-order valence-corrected chi connectivity index (χ3v) is 7.45. The van der Waals surface area contributed by atoms with Gasteiger partial charge >= 0.3 is 5.97 Å². The van der Waals surface area contributed by atoms with Crippen LogP contribution in [0.25, 0.3) is 17.0 Å². The Kier molecular flexibility index (Phi) is 6.44. The predicted octanol–water partition coefficient (Wildman–Crippen LogP) is 4.44. The number of rotatable bonds is 5. The number of nitrogens with zero attached hydrogens (tertiary/aromatic N) is 2. The molecule has 4 aromatic rings. The lowest BCUT2D eigenvalue weighted by Crippen LogP contribution is -2.40. The van der Waals surface area contributed by atoms with E-state index in [0.717, 1.165) is 20.9 Å². The summed E-state index contributed by atoms with van der Waals surface area (Å²) < 4.78 is 14.1. The number of thiazole rings is 1. The van der Waals surface area contributed by atoms with Gasteiger partial charge in [0.15, 0.2) is 4.80 Å². The Balaban J connectivity index is 1.78. The largest absolute Gasteiger partial charge is 0.496 e. The van der Waals surface area contributed by atoms with E-state index in [4.69, 9.17) is 9.47 Å². The average Bonchev–Trinajstić information content (AvgIpc) is 3.38. The zero-order valence-corrected chi connectivity index (χ0v) is 22.6. The molecule has 0 saturated carbocycles. The van der Waals surface area contributed by atoms with Gasteiger partial charge in [-0.3, -0.25) is 9.36 Å². The number of carbonyl (C=O) groups excluding carboxylic acids is 1. The first-order valence-electron chi connectivity index (χ1n) is 11.4. The number of fused-ring (bicyclic) bond motifs is 2. The van der Waals surface area contributed by atoms with E-state index in [9.17, 15) is 9.59 Å². The third kappa shape index (κ3) is 4.22. The fraction of sp³-hybridized carbons (Fsp3) is 0.222. The molecule has 36 heavy (non-hydrogen) atoms. The molecule has 1 atom stereocenters. The van der Waals surface area contributed by atoms with Crippen molar-refractivity contribution in [2.24, 2.45) is 4.99 Å². The highest BCUT2D eigenvalue weighted by Gasteiger charge is 2.35. The summed E-state index contributed by atoms with van der Waals surface area (Å²) in [6.45, 7) is 5.35. The number of allylic oxidation sites excluding steroid dienone is 1. The van der Waals surface area contributed by atoms with Crippen LogP contribution < -0.4 is 19.6 Å². The van der Waals surface area contributed by atoms with Gasteiger partial charge in [-0.2, -0.15) is 0 Å². The standard InChI is InChI=1S/C27H24BrN3O4S/c1-14(2)35-26(33)23-15(3)30-27-31(24(23)19-12-17(28)9-10-21(19)34-4)25(32)22(36-27)11-16-13-29-20-8-6-5-7-18(16)20/h5-14,24,29H,1-4H3/b22-11-/t24-/m0/s1. The Morgan fingerprint density at radius 2 is 2.03 bits per heavy atom. The molecule has 0 saturated heterocycles. The summed E-state index contributed by atoms with van der Waals surface area (Å²) in [5.41, 5.74) is 3.14. The van der Waals surface area contributed by atoms with E-state index in [1.807, 2.05) is 54.7 Å². The summed E-state index contributed by atoms with van der Waals surface area (Å²) in [5.74, 6) is 0.0446. The molecule has 0 radical (unpaired) electrons. The van der Waals surface area contributed by atoms with Crippen LogP contribution >= 0.6 is 27.3 Å². The molecule has 1 aliphatic heterocycles. The highest BCUT2D eigenvalue weighted by molar-refractivity contribution is 9.10. The van der Waals surface area contributed by atoms with E-state index in [1.165, 1.54) is 11.3 Å². The average molecular weight is 566 g/mol. The van der Waals surface area contributed by atoms with Crippen molar-refractivity contribution in [3.05, 3.63) is 95.2 Å². The minimum atomic E-state index is -0.759. The lowest BCUT2D eigenvalue weighted by atomic mass is 9.95. The van der Waals surface area contributed by atoms with Crippen molar-refractivity contribution in [3.63, 3.8) is 0 Å². The Morgan fingerprint density at radius 1 is 1.25 bits per heavy atom. The monoisotopic (exact) mass is 565 g/mol. The second-order valence-electron chi connectivity index (χ2n) is 8.71. The van der Waals surface area contributed by atoms with E-state index in [0.29, 0.717) is 31.9 Å². The molecular formula is C27H24BrN3O4S. The molecule has 5 rings (SSSR count). The topological polar surface area (TPSA) is 85.7 Å². The molecule has 2 aromatic heterocycles. The van der Waals surface area contributed by atoms with Crippen LogP contribution in [0.2, 0.25) is 0 Å². The van der Waals surface area contributed by atoms with Crippen LogP contribution in [0.3, 0.4) is 0 Å². The molecule has 0 unspecified atom stereocenters. The van der Waals surface area contributed by atoms with Crippen molar-refractivity contribution < 1.29 is 14.3 Å². The van der Waals surface area contributed by atoms with Crippen molar-refractivity contribution in [3.8, 4) is 5.75 Å². The SMILES string of the molecule is COc1ccc(Br)cc1[C@H]1C(C(=O)OC(C)C)=C(C)N=c2s/c(=C\c3c[nH]c4ccccc34)c(=O)n21. The molecule has 1 N–H and O–H groups in total. The summed E-state index contributed by atoms with van der Waals surface area (Å²) in [5, 5.41) is 1.02. The molecule has 9 heteroatoms. The molecule has 7 nitrogen and oxygen atoms in total. The van der Waals surface area contributed by atoms with Crippen LogP contribution in [0.15, 0.2) is 74.2 Å². The molecule has 0 fully saturated rings. The number of H-pyrrole nitrogens is 1.